The molecular weight excluding hydrogens is 617 g/mol. The number of unbranched alkanes of at least 4 members (excludes halogenated alkanes) is 18. The van der Waals surface area contributed by atoms with Crippen LogP contribution in [0, 0.1) is 0 Å². The maximum atomic E-state index is 12.5. The number of ether oxygens (including phenoxy) is 2. The van der Waals surface area contributed by atoms with Crippen LogP contribution in [0.5, 0.6) is 0 Å². The number of phosphoric ester groups is 1. The largest absolute Gasteiger partial charge is 0.472 e. The van der Waals surface area contributed by atoms with E-state index >= 15 is 0 Å². The molecule has 1 unspecified atom stereocenters. The van der Waals surface area contributed by atoms with Crippen LogP contribution in [0.15, 0.2) is 24.3 Å². The maximum Gasteiger partial charge on any atom is 0.472 e. The van der Waals surface area contributed by atoms with E-state index in [1.165, 1.54) is 77.0 Å². The summed E-state index contributed by atoms with van der Waals surface area (Å²) in [6.45, 7) is 3.67. The lowest BCUT2D eigenvalue weighted by Gasteiger charge is -2.19. The zero-order chi connectivity index (χ0) is 34.7. The van der Waals surface area contributed by atoms with E-state index in [-0.39, 0.29) is 38.6 Å². The first kappa shape index (κ1) is 45.5. The van der Waals surface area contributed by atoms with Gasteiger partial charge in [0, 0.05) is 19.4 Å². The lowest BCUT2D eigenvalue weighted by Crippen LogP contribution is -2.29. The fourth-order valence-corrected chi connectivity index (χ4v) is 5.78. The Morgan fingerprint density at radius 1 is 0.638 bits per heavy atom. The monoisotopic (exact) mass is 687 g/mol. The number of esters is 2. The van der Waals surface area contributed by atoms with E-state index in [2.05, 4.69) is 38.2 Å². The molecule has 276 valence electrons. The van der Waals surface area contributed by atoms with Gasteiger partial charge in [0.2, 0.25) is 0 Å². The molecule has 9 nitrogen and oxygen atoms in total. The molecule has 0 spiro atoms. The van der Waals surface area contributed by atoms with E-state index in [9.17, 15) is 19.0 Å². The summed E-state index contributed by atoms with van der Waals surface area (Å²) in [5.41, 5.74) is 5.32. The molecule has 0 saturated heterocycles. The number of hydrogen-bond acceptors (Lipinski definition) is 8. The second kappa shape index (κ2) is 34.4. The van der Waals surface area contributed by atoms with Gasteiger partial charge >= 0.3 is 19.8 Å². The Morgan fingerprint density at radius 2 is 1.11 bits per heavy atom. The third kappa shape index (κ3) is 34.2. The molecule has 3 N–H and O–H groups in total. The van der Waals surface area contributed by atoms with Crippen LogP contribution in [0.25, 0.3) is 0 Å². The molecule has 47 heavy (non-hydrogen) atoms. The minimum Gasteiger partial charge on any atom is -0.462 e. The first-order valence-electron chi connectivity index (χ1n) is 18.8. The van der Waals surface area contributed by atoms with Crippen LogP contribution in [0.1, 0.15) is 168 Å². The van der Waals surface area contributed by atoms with Crippen LogP contribution in [-0.2, 0) is 32.7 Å². The molecule has 0 amide bonds. The number of nitrogens with two attached hydrogens (primary N) is 1. The highest BCUT2D eigenvalue weighted by molar-refractivity contribution is 7.47. The van der Waals surface area contributed by atoms with Crippen molar-refractivity contribution in [1.82, 2.24) is 0 Å². The van der Waals surface area contributed by atoms with Gasteiger partial charge in [-0.2, -0.15) is 0 Å². The van der Waals surface area contributed by atoms with Crippen molar-refractivity contribution in [2.75, 3.05) is 26.4 Å². The highest BCUT2D eigenvalue weighted by Crippen LogP contribution is 2.43. The van der Waals surface area contributed by atoms with Crippen molar-refractivity contribution in [3.63, 3.8) is 0 Å². The summed E-state index contributed by atoms with van der Waals surface area (Å²) in [7, 11) is -4.37. The first-order chi connectivity index (χ1) is 22.8. The molecule has 10 heteroatoms. The van der Waals surface area contributed by atoms with Crippen molar-refractivity contribution >= 4 is 19.8 Å². The maximum absolute atomic E-state index is 12.5. The van der Waals surface area contributed by atoms with Gasteiger partial charge in [-0.15, -0.1) is 0 Å². The molecule has 0 heterocycles. The van der Waals surface area contributed by atoms with Gasteiger partial charge in [0.25, 0.3) is 0 Å². The average Bonchev–Trinajstić information content (AvgIpc) is 3.05. The Kier molecular flexibility index (Phi) is 33.3. The smallest absolute Gasteiger partial charge is 0.462 e. The summed E-state index contributed by atoms with van der Waals surface area (Å²) in [6.07, 6.45) is 33.5. The number of rotatable bonds is 35. The Morgan fingerprint density at radius 3 is 1.66 bits per heavy atom. The fourth-order valence-electron chi connectivity index (χ4n) is 5.02. The number of carbonyl (C=O) groups is 2. The molecule has 0 saturated carbocycles. The van der Waals surface area contributed by atoms with Crippen molar-refractivity contribution < 1.29 is 37.6 Å². The lowest BCUT2D eigenvalue weighted by atomic mass is 10.1. The molecule has 0 bridgehead atoms. The molecule has 0 rings (SSSR count). The Labute approximate surface area is 287 Å². The predicted octanol–water partition coefficient (Wildman–Crippen LogP) is 10.0. The lowest BCUT2D eigenvalue weighted by molar-refractivity contribution is -0.161. The third-order valence-corrected chi connectivity index (χ3v) is 8.82. The van der Waals surface area contributed by atoms with Crippen molar-refractivity contribution in [3.05, 3.63) is 24.3 Å². The van der Waals surface area contributed by atoms with E-state index in [1.807, 2.05) is 0 Å². The summed E-state index contributed by atoms with van der Waals surface area (Å²) in [6, 6.07) is 0. The number of phosphoric acid groups is 1. The summed E-state index contributed by atoms with van der Waals surface area (Å²) >= 11 is 0. The summed E-state index contributed by atoms with van der Waals surface area (Å²) in [5, 5.41) is 0. The summed E-state index contributed by atoms with van der Waals surface area (Å²) < 4.78 is 32.6. The Hall–Kier alpha value is -1.51. The number of allylic oxidation sites excluding steroid dienone is 4. The molecule has 0 aromatic carbocycles. The van der Waals surface area contributed by atoms with Crippen LogP contribution < -0.4 is 5.73 Å². The Bertz CT molecular complexity index is 835. The van der Waals surface area contributed by atoms with Gasteiger partial charge in [-0.25, -0.2) is 4.57 Å². The molecular formula is C37H70NO8P. The zero-order valence-electron chi connectivity index (χ0n) is 30.0. The van der Waals surface area contributed by atoms with Crippen LogP contribution >= 0.6 is 7.82 Å². The van der Waals surface area contributed by atoms with Gasteiger partial charge in [0.05, 0.1) is 13.2 Å². The highest BCUT2D eigenvalue weighted by atomic mass is 31.2. The molecule has 0 aromatic rings. The minimum atomic E-state index is -4.37. The van der Waals surface area contributed by atoms with E-state index < -0.39 is 26.5 Å². The van der Waals surface area contributed by atoms with E-state index in [0.717, 1.165) is 57.8 Å². The second-order valence-corrected chi connectivity index (χ2v) is 13.9. The van der Waals surface area contributed by atoms with Gasteiger partial charge in [-0.05, 0) is 44.9 Å². The number of hydrogen-bond donors (Lipinski definition) is 2. The van der Waals surface area contributed by atoms with Gasteiger partial charge < -0.3 is 20.1 Å². The molecule has 0 aromatic heterocycles. The van der Waals surface area contributed by atoms with Crippen LogP contribution in [0.4, 0.5) is 0 Å². The van der Waals surface area contributed by atoms with Crippen LogP contribution in [0.3, 0.4) is 0 Å². The van der Waals surface area contributed by atoms with Crippen molar-refractivity contribution in [2.45, 2.75) is 174 Å². The van der Waals surface area contributed by atoms with Gasteiger partial charge in [0.1, 0.15) is 6.61 Å². The fraction of sp³-hybridized carbons (Fsp3) is 0.838. The summed E-state index contributed by atoms with van der Waals surface area (Å²) in [5.74, 6) is -0.844. The normalized spacial score (nSPS) is 13.7. The first-order valence-corrected chi connectivity index (χ1v) is 20.3. The number of carbonyl (C=O) groups excluding carboxylic acids is 2. The SMILES string of the molecule is CCCCCC=CCC=CCCCCCCCC(=O)O[C@H](COC(=O)CCCCCCCCCCCCC)COP(=O)(O)OCCN. The molecule has 2 atom stereocenters. The quantitative estimate of drug-likeness (QED) is 0.0289. The molecule has 0 aliphatic rings. The Balaban J connectivity index is 4.25. The topological polar surface area (TPSA) is 134 Å². The zero-order valence-corrected chi connectivity index (χ0v) is 30.9. The van der Waals surface area contributed by atoms with Crippen molar-refractivity contribution in [2.24, 2.45) is 5.73 Å². The third-order valence-electron chi connectivity index (χ3n) is 7.84. The molecule has 0 aliphatic heterocycles. The van der Waals surface area contributed by atoms with E-state index in [0.29, 0.717) is 6.42 Å². The van der Waals surface area contributed by atoms with Gasteiger partial charge in [0.15, 0.2) is 6.10 Å². The van der Waals surface area contributed by atoms with Crippen LogP contribution in [-0.4, -0.2) is 49.3 Å². The average molecular weight is 688 g/mol. The van der Waals surface area contributed by atoms with Gasteiger partial charge in [-0.3, -0.25) is 18.6 Å². The highest BCUT2D eigenvalue weighted by Gasteiger charge is 2.25. The molecule has 0 fully saturated rings. The van der Waals surface area contributed by atoms with E-state index in [4.69, 9.17) is 24.3 Å². The standard InChI is InChI=1S/C37H70NO8P/c1-3-5-7-9-11-13-15-16-17-18-20-22-24-26-28-30-37(40)46-35(34-45-47(41,42)44-32-31-38)33-43-36(39)29-27-25-23-21-19-14-12-10-8-6-4-2/h11,13,16-17,35H,3-10,12,14-15,18-34,38H2,1-2H3,(H,41,42)/t35-/m1/s1. The van der Waals surface area contributed by atoms with Crippen molar-refractivity contribution in [1.29, 1.82) is 0 Å². The predicted molar refractivity (Wildman–Crippen MR) is 192 cm³/mol. The summed E-state index contributed by atoms with van der Waals surface area (Å²) in [4.78, 5) is 34.6. The van der Waals surface area contributed by atoms with Crippen LogP contribution in [0.2, 0.25) is 0 Å². The van der Waals surface area contributed by atoms with Crippen molar-refractivity contribution in [3.8, 4) is 0 Å². The molecule has 0 aliphatic carbocycles. The molecule has 0 radical (unpaired) electrons. The van der Waals surface area contributed by atoms with E-state index in [1.54, 1.807) is 0 Å². The minimum absolute atomic E-state index is 0.0521. The second-order valence-electron chi connectivity index (χ2n) is 12.4. The van der Waals surface area contributed by atoms with Gasteiger partial charge in [-0.1, -0.05) is 134 Å².